The minimum absolute atomic E-state index is 0.132. The normalized spacial score (nSPS) is 12.0. The fraction of sp³-hybridized carbons (Fsp3) is 0.700. The number of alkyl halides is 1. The first-order valence-electron chi connectivity index (χ1n) is 5.20. The number of nitrogens with zero attached hydrogens (tertiary/aromatic N) is 2. The van der Waals surface area contributed by atoms with Gasteiger partial charge in [0.05, 0.1) is 23.9 Å². The lowest BCUT2D eigenvalue weighted by atomic mass is 10.2. The van der Waals surface area contributed by atoms with Crippen LogP contribution in [0.3, 0.4) is 0 Å². The van der Waals surface area contributed by atoms with Crippen molar-refractivity contribution in [2.75, 3.05) is 11.5 Å². The van der Waals surface area contributed by atoms with Crippen molar-refractivity contribution in [1.29, 1.82) is 0 Å². The van der Waals surface area contributed by atoms with Gasteiger partial charge in [0, 0.05) is 17.0 Å². The van der Waals surface area contributed by atoms with Crippen LogP contribution >= 0.6 is 11.6 Å². The molecule has 0 atom stereocenters. The third-order valence-electron chi connectivity index (χ3n) is 2.72. The van der Waals surface area contributed by atoms with Gasteiger partial charge in [-0.15, -0.1) is 11.6 Å². The molecule has 92 valence electrons. The molecule has 0 N–H and O–H groups in total. The van der Waals surface area contributed by atoms with Crippen molar-refractivity contribution in [3.05, 3.63) is 17.0 Å². The summed E-state index contributed by atoms with van der Waals surface area (Å²) >= 11 is 5.80. The van der Waals surface area contributed by atoms with Gasteiger partial charge >= 0.3 is 0 Å². The summed E-state index contributed by atoms with van der Waals surface area (Å²) in [6, 6.07) is 0. The SMILES string of the molecule is CCS(=O)(=O)CCn1nc(C)c(CCl)c1C. The molecule has 6 heteroatoms. The van der Waals surface area contributed by atoms with Crippen LogP contribution in [0.5, 0.6) is 0 Å². The Kier molecular flexibility index (Phi) is 4.38. The van der Waals surface area contributed by atoms with Gasteiger partial charge in [-0.2, -0.15) is 5.10 Å². The van der Waals surface area contributed by atoms with Crippen LogP contribution in [0.25, 0.3) is 0 Å². The van der Waals surface area contributed by atoms with Gasteiger partial charge in [-0.1, -0.05) is 6.92 Å². The molecule has 0 radical (unpaired) electrons. The molecule has 4 nitrogen and oxygen atoms in total. The summed E-state index contributed by atoms with van der Waals surface area (Å²) in [5, 5.41) is 4.29. The molecule has 0 bridgehead atoms. The molecule has 0 saturated heterocycles. The number of hydrogen-bond acceptors (Lipinski definition) is 3. The summed E-state index contributed by atoms with van der Waals surface area (Å²) in [5.74, 6) is 0.722. The molecule has 1 rings (SSSR count). The predicted molar refractivity (Wildman–Crippen MR) is 65.6 cm³/mol. The molecule has 0 aliphatic heterocycles. The van der Waals surface area contributed by atoms with Crippen molar-refractivity contribution in [2.45, 2.75) is 33.2 Å². The molecular formula is C10H17ClN2O2S. The van der Waals surface area contributed by atoms with E-state index in [1.54, 1.807) is 11.6 Å². The van der Waals surface area contributed by atoms with E-state index < -0.39 is 9.84 Å². The smallest absolute Gasteiger partial charge is 0.151 e. The predicted octanol–water partition coefficient (Wildman–Crippen LogP) is 1.67. The fourth-order valence-electron chi connectivity index (χ4n) is 1.51. The number of halogens is 1. The average molecular weight is 265 g/mol. The van der Waals surface area contributed by atoms with E-state index in [0.29, 0.717) is 12.4 Å². The first-order valence-corrected chi connectivity index (χ1v) is 7.56. The third-order valence-corrected chi connectivity index (χ3v) is 4.67. The van der Waals surface area contributed by atoms with E-state index >= 15 is 0 Å². The maximum atomic E-state index is 11.4. The molecule has 0 aliphatic carbocycles. The lowest BCUT2D eigenvalue weighted by Crippen LogP contribution is -2.16. The largest absolute Gasteiger partial charge is 0.268 e. The number of sulfone groups is 1. The lowest BCUT2D eigenvalue weighted by Gasteiger charge is -2.04. The molecule has 1 aromatic heterocycles. The van der Waals surface area contributed by atoms with Crippen LogP contribution in [0.2, 0.25) is 0 Å². The molecule has 16 heavy (non-hydrogen) atoms. The fourth-order valence-corrected chi connectivity index (χ4v) is 2.64. The summed E-state index contributed by atoms with van der Waals surface area (Å²) < 4.78 is 24.5. The summed E-state index contributed by atoms with van der Waals surface area (Å²) in [6.07, 6.45) is 0. The van der Waals surface area contributed by atoms with Gasteiger partial charge in [0.15, 0.2) is 9.84 Å². The number of hydrogen-bond donors (Lipinski definition) is 0. The van der Waals surface area contributed by atoms with E-state index in [2.05, 4.69) is 5.10 Å². The first-order chi connectivity index (χ1) is 7.41. The number of rotatable bonds is 5. The van der Waals surface area contributed by atoms with Gasteiger partial charge in [-0.3, -0.25) is 4.68 Å². The minimum atomic E-state index is -2.94. The minimum Gasteiger partial charge on any atom is -0.268 e. The van der Waals surface area contributed by atoms with Gasteiger partial charge in [0.25, 0.3) is 0 Å². The number of aromatic nitrogens is 2. The van der Waals surface area contributed by atoms with Gasteiger partial charge < -0.3 is 0 Å². The van der Waals surface area contributed by atoms with Crippen LogP contribution in [0.4, 0.5) is 0 Å². The van der Waals surface area contributed by atoms with Crippen molar-refractivity contribution in [2.24, 2.45) is 0 Å². The van der Waals surface area contributed by atoms with E-state index in [-0.39, 0.29) is 11.5 Å². The van der Waals surface area contributed by atoms with E-state index in [9.17, 15) is 8.42 Å². The van der Waals surface area contributed by atoms with Gasteiger partial charge in [0.2, 0.25) is 0 Å². The molecule has 0 fully saturated rings. The summed E-state index contributed by atoms with van der Waals surface area (Å²) in [4.78, 5) is 0. The van der Waals surface area contributed by atoms with Crippen molar-refractivity contribution >= 4 is 21.4 Å². The van der Waals surface area contributed by atoms with Gasteiger partial charge in [-0.05, 0) is 13.8 Å². The highest BCUT2D eigenvalue weighted by Gasteiger charge is 2.13. The third kappa shape index (κ3) is 2.98. The Morgan fingerprint density at radius 1 is 1.38 bits per heavy atom. The van der Waals surface area contributed by atoms with Crippen molar-refractivity contribution in [3.8, 4) is 0 Å². The van der Waals surface area contributed by atoms with E-state index in [1.165, 1.54) is 0 Å². The standard InChI is InChI=1S/C10H17ClN2O2S/c1-4-16(14,15)6-5-13-9(3)10(7-11)8(2)12-13/h4-7H2,1-3H3. The molecule has 0 aliphatic rings. The summed E-state index contributed by atoms with van der Waals surface area (Å²) in [7, 11) is -2.94. The molecule has 1 heterocycles. The van der Waals surface area contributed by atoms with Crippen molar-refractivity contribution in [3.63, 3.8) is 0 Å². The molecule has 1 aromatic rings. The molecule has 0 aromatic carbocycles. The van der Waals surface area contributed by atoms with Gasteiger partial charge in [0.1, 0.15) is 0 Å². The molecular weight excluding hydrogens is 248 g/mol. The highest BCUT2D eigenvalue weighted by molar-refractivity contribution is 7.91. The van der Waals surface area contributed by atoms with Crippen LogP contribution in [-0.2, 0) is 22.3 Å². The molecule has 0 amide bonds. The zero-order valence-electron chi connectivity index (χ0n) is 9.83. The topological polar surface area (TPSA) is 52.0 Å². The molecule has 0 unspecified atom stereocenters. The Bertz CT molecular complexity index is 465. The summed E-state index contributed by atoms with van der Waals surface area (Å²) in [5.41, 5.74) is 2.83. The van der Waals surface area contributed by atoms with Crippen molar-refractivity contribution < 1.29 is 8.42 Å². The van der Waals surface area contributed by atoms with E-state index in [4.69, 9.17) is 11.6 Å². The zero-order valence-corrected chi connectivity index (χ0v) is 11.4. The van der Waals surface area contributed by atoms with Crippen LogP contribution in [0, 0.1) is 13.8 Å². The molecule has 0 spiro atoms. The average Bonchev–Trinajstić information content (AvgIpc) is 2.51. The Morgan fingerprint density at radius 2 is 2.00 bits per heavy atom. The van der Waals surface area contributed by atoms with Gasteiger partial charge in [-0.25, -0.2) is 8.42 Å². The maximum Gasteiger partial charge on any atom is 0.151 e. The lowest BCUT2D eigenvalue weighted by molar-refractivity contribution is 0.577. The highest BCUT2D eigenvalue weighted by Crippen LogP contribution is 2.15. The monoisotopic (exact) mass is 264 g/mol. The van der Waals surface area contributed by atoms with E-state index in [0.717, 1.165) is 17.0 Å². The first kappa shape index (κ1) is 13.5. The van der Waals surface area contributed by atoms with Crippen LogP contribution < -0.4 is 0 Å². The summed E-state index contributed by atoms with van der Waals surface area (Å²) in [6.45, 7) is 5.85. The second-order valence-corrected chi connectivity index (χ2v) is 6.48. The second kappa shape index (κ2) is 5.19. The Morgan fingerprint density at radius 3 is 2.44 bits per heavy atom. The number of aryl methyl sites for hydroxylation is 2. The van der Waals surface area contributed by atoms with Crippen LogP contribution in [0.15, 0.2) is 0 Å². The Labute approximate surface area is 102 Å². The van der Waals surface area contributed by atoms with E-state index in [1.807, 2.05) is 13.8 Å². The zero-order chi connectivity index (χ0) is 12.3. The van der Waals surface area contributed by atoms with Crippen LogP contribution in [-0.4, -0.2) is 29.7 Å². The second-order valence-electron chi connectivity index (χ2n) is 3.74. The highest BCUT2D eigenvalue weighted by atomic mass is 35.5. The molecule has 0 saturated carbocycles. The Balaban J connectivity index is 2.83. The van der Waals surface area contributed by atoms with Crippen LogP contribution in [0.1, 0.15) is 23.9 Å². The Hall–Kier alpha value is -0.550. The maximum absolute atomic E-state index is 11.4. The quantitative estimate of drug-likeness (QED) is 0.761. The van der Waals surface area contributed by atoms with Crippen molar-refractivity contribution in [1.82, 2.24) is 9.78 Å².